The highest BCUT2D eigenvalue weighted by molar-refractivity contribution is 6.42. The average Bonchev–Trinajstić information content (AvgIpc) is 3.07. The molecule has 0 aliphatic carbocycles. The van der Waals surface area contributed by atoms with E-state index in [0.29, 0.717) is 34.7 Å². The summed E-state index contributed by atoms with van der Waals surface area (Å²) in [6, 6.07) is 13.1. The highest BCUT2D eigenvalue weighted by Crippen LogP contribution is 2.45. The summed E-state index contributed by atoms with van der Waals surface area (Å²) in [6.07, 6.45) is 0.952. The van der Waals surface area contributed by atoms with Crippen molar-refractivity contribution in [1.29, 1.82) is 0 Å². The van der Waals surface area contributed by atoms with E-state index >= 15 is 0 Å². The fourth-order valence-corrected chi connectivity index (χ4v) is 4.82. The van der Waals surface area contributed by atoms with Gasteiger partial charge >= 0.3 is 0 Å². The van der Waals surface area contributed by atoms with Crippen LogP contribution in [0.2, 0.25) is 0 Å². The second kappa shape index (κ2) is 11.5. The molecule has 1 aliphatic heterocycles. The molecule has 0 saturated carbocycles. The summed E-state index contributed by atoms with van der Waals surface area (Å²) in [4.78, 5) is 4.39. The van der Waals surface area contributed by atoms with Crippen LogP contribution in [0.4, 0.5) is 11.4 Å². The first kappa shape index (κ1) is 26.6. The maximum absolute atomic E-state index is 6.92. The van der Waals surface area contributed by atoms with E-state index in [4.69, 9.17) is 23.2 Å². The van der Waals surface area contributed by atoms with Crippen LogP contribution in [0.5, 0.6) is 0 Å². The topological polar surface area (TPSA) is 6.48 Å². The lowest BCUT2D eigenvalue weighted by Gasteiger charge is -2.31. The summed E-state index contributed by atoms with van der Waals surface area (Å²) < 4.78 is 0. The van der Waals surface area contributed by atoms with Crippen molar-refractivity contribution in [3.05, 3.63) is 69.0 Å². The minimum atomic E-state index is 0.394. The second-order valence-corrected chi connectivity index (χ2v) is 9.75. The lowest BCUT2D eigenvalue weighted by atomic mass is 9.92. The lowest BCUT2D eigenvalue weighted by Crippen LogP contribution is -2.29. The monoisotopic (exact) mass is 474 g/mol. The van der Waals surface area contributed by atoms with E-state index in [1.165, 1.54) is 33.6 Å². The van der Waals surface area contributed by atoms with Crippen molar-refractivity contribution in [2.75, 3.05) is 16.5 Å². The van der Waals surface area contributed by atoms with Gasteiger partial charge in [-0.05, 0) is 46.4 Å². The third-order valence-electron chi connectivity index (χ3n) is 5.96. The summed E-state index contributed by atoms with van der Waals surface area (Å²) in [5.41, 5.74) is 7.62. The summed E-state index contributed by atoms with van der Waals surface area (Å²) in [5, 5.41) is 1.21. The molecule has 32 heavy (non-hydrogen) atoms. The molecule has 0 unspecified atom stereocenters. The number of hydrogen-bond donors (Lipinski definition) is 0. The molecular weight excluding hydrogens is 435 g/mol. The van der Waals surface area contributed by atoms with Gasteiger partial charge in [-0.3, -0.25) is 0 Å². The van der Waals surface area contributed by atoms with Gasteiger partial charge in [0.25, 0.3) is 0 Å². The maximum atomic E-state index is 6.92. The number of anilines is 2. The van der Waals surface area contributed by atoms with Gasteiger partial charge in [0.1, 0.15) is 17.0 Å². The summed E-state index contributed by atoms with van der Waals surface area (Å²) in [6.45, 7) is 20.2. The van der Waals surface area contributed by atoms with Crippen LogP contribution < -0.4 is 9.80 Å². The summed E-state index contributed by atoms with van der Waals surface area (Å²) in [5.74, 6) is 1.19. The highest BCUT2D eigenvalue weighted by Gasteiger charge is 2.34. The Hall–Kier alpha value is -1.64. The van der Waals surface area contributed by atoms with Gasteiger partial charge in [0.2, 0.25) is 0 Å². The van der Waals surface area contributed by atoms with E-state index in [0.717, 1.165) is 6.42 Å². The Kier molecular flexibility index (Phi) is 9.54. The van der Waals surface area contributed by atoms with E-state index < -0.39 is 0 Å². The van der Waals surface area contributed by atoms with Gasteiger partial charge in [0, 0.05) is 0 Å². The van der Waals surface area contributed by atoms with E-state index in [1.807, 2.05) is 13.8 Å². The molecule has 0 amide bonds. The fraction of sp³-hybridized carbons (Fsp3) is 0.500. The maximum Gasteiger partial charge on any atom is 0.146 e. The number of hydrogen-bond acceptors (Lipinski definition) is 2. The molecule has 0 aromatic heterocycles. The van der Waals surface area contributed by atoms with Crippen molar-refractivity contribution < 1.29 is 0 Å². The minimum Gasteiger partial charge on any atom is -0.310 e. The van der Waals surface area contributed by atoms with Crippen molar-refractivity contribution in [1.82, 2.24) is 0 Å². The fourth-order valence-electron chi connectivity index (χ4n) is 4.34. The van der Waals surface area contributed by atoms with Crippen LogP contribution in [0.15, 0.2) is 46.7 Å². The predicted octanol–water partition coefficient (Wildman–Crippen LogP) is 9.53. The van der Waals surface area contributed by atoms with Crippen LogP contribution in [0.1, 0.15) is 102 Å². The Bertz CT molecular complexity index is 918. The van der Waals surface area contributed by atoms with Crippen molar-refractivity contribution in [2.24, 2.45) is 0 Å². The van der Waals surface area contributed by atoms with E-state index in [9.17, 15) is 0 Å². The first-order chi connectivity index (χ1) is 15.2. The molecule has 0 saturated heterocycles. The molecule has 176 valence electrons. The standard InChI is InChI=1S/C26H34Cl2N2.C2H6/c1-8-19-11-9-12-20(16(2)3)23(19)29-15-30(26(28)25(29)27)24-21(17(4)5)13-10-14-22(24)18(6)7;1-2/h9-14,16-18H,8,15H2,1-7H3;1-2H3. The van der Waals surface area contributed by atoms with E-state index in [2.05, 4.69) is 94.7 Å². The zero-order chi connectivity index (χ0) is 24.2. The van der Waals surface area contributed by atoms with Gasteiger partial charge < -0.3 is 9.80 Å². The van der Waals surface area contributed by atoms with Crippen LogP contribution in [0.3, 0.4) is 0 Å². The van der Waals surface area contributed by atoms with Crippen molar-refractivity contribution in [3.63, 3.8) is 0 Å². The molecule has 0 atom stereocenters. The number of nitrogens with zero attached hydrogens (tertiary/aromatic N) is 2. The van der Waals surface area contributed by atoms with E-state index in [-0.39, 0.29) is 0 Å². The van der Waals surface area contributed by atoms with Gasteiger partial charge in [0.15, 0.2) is 0 Å². The molecule has 1 heterocycles. The van der Waals surface area contributed by atoms with Gasteiger partial charge in [-0.25, -0.2) is 0 Å². The van der Waals surface area contributed by atoms with Gasteiger partial charge in [-0.2, -0.15) is 0 Å². The smallest absolute Gasteiger partial charge is 0.146 e. The Labute approximate surface area is 206 Å². The van der Waals surface area contributed by atoms with Crippen LogP contribution in [-0.4, -0.2) is 6.67 Å². The summed E-state index contributed by atoms with van der Waals surface area (Å²) in [7, 11) is 0. The van der Waals surface area contributed by atoms with Crippen LogP contribution in [0.25, 0.3) is 0 Å². The van der Waals surface area contributed by atoms with Crippen molar-refractivity contribution in [2.45, 2.75) is 86.5 Å². The van der Waals surface area contributed by atoms with Gasteiger partial charge in [-0.1, -0.05) is 122 Å². The number of para-hydroxylation sites is 2. The minimum absolute atomic E-state index is 0.394. The largest absolute Gasteiger partial charge is 0.310 e. The molecule has 0 bridgehead atoms. The number of rotatable bonds is 6. The average molecular weight is 476 g/mol. The third kappa shape index (κ3) is 5.13. The Morgan fingerprint density at radius 1 is 0.688 bits per heavy atom. The Balaban J connectivity index is 0.00000176. The van der Waals surface area contributed by atoms with Crippen LogP contribution in [-0.2, 0) is 6.42 Å². The molecule has 4 heteroatoms. The number of benzene rings is 2. The zero-order valence-corrected chi connectivity index (χ0v) is 22.8. The Morgan fingerprint density at radius 2 is 1.06 bits per heavy atom. The third-order valence-corrected chi connectivity index (χ3v) is 6.83. The molecule has 2 nitrogen and oxygen atoms in total. The SMILES string of the molecule is CC.CCc1cccc(C(C)C)c1N1CN(c2c(C(C)C)cccc2C(C)C)C(Cl)=C1Cl. The van der Waals surface area contributed by atoms with Crippen LogP contribution >= 0.6 is 23.2 Å². The molecule has 0 spiro atoms. The number of halogens is 2. The lowest BCUT2D eigenvalue weighted by molar-refractivity contribution is 0.810. The predicted molar refractivity (Wildman–Crippen MR) is 144 cm³/mol. The molecular formula is C28H40Cl2N2. The number of aryl methyl sites for hydroxylation is 1. The Morgan fingerprint density at radius 3 is 1.47 bits per heavy atom. The van der Waals surface area contributed by atoms with E-state index in [1.54, 1.807) is 0 Å². The molecule has 1 aliphatic rings. The second-order valence-electron chi connectivity index (χ2n) is 9.04. The molecule has 2 aromatic carbocycles. The molecule has 0 fully saturated rings. The molecule has 0 radical (unpaired) electrons. The van der Waals surface area contributed by atoms with Crippen molar-refractivity contribution >= 4 is 34.6 Å². The zero-order valence-electron chi connectivity index (χ0n) is 21.3. The van der Waals surface area contributed by atoms with Crippen LogP contribution in [0, 0.1) is 0 Å². The van der Waals surface area contributed by atoms with Gasteiger partial charge in [0.05, 0.1) is 11.4 Å². The molecule has 3 rings (SSSR count). The normalized spacial score (nSPS) is 14.1. The summed E-state index contributed by atoms with van der Waals surface area (Å²) >= 11 is 13.8. The quantitative estimate of drug-likeness (QED) is 0.384. The first-order valence-electron chi connectivity index (χ1n) is 12.0. The first-order valence-corrected chi connectivity index (χ1v) is 12.8. The highest BCUT2D eigenvalue weighted by atomic mass is 35.5. The molecule has 2 aromatic rings. The molecule has 0 N–H and O–H groups in total. The van der Waals surface area contributed by atoms with Gasteiger partial charge in [-0.15, -0.1) is 0 Å². The van der Waals surface area contributed by atoms with Crippen molar-refractivity contribution in [3.8, 4) is 0 Å².